The monoisotopic (exact) mass is 375 g/mol. The van der Waals surface area contributed by atoms with E-state index in [1.165, 1.54) is 11.8 Å². The quantitative estimate of drug-likeness (QED) is 0.538. The lowest BCUT2D eigenvalue weighted by Crippen LogP contribution is -2.29. The number of rotatable bonds is 8. The third-order valence-corrected chi connectivity index (χ3v) is 4.62. The van der Waals surface area contributed by atoms with Crippen LogP contribution in [0.15, 0.2) is 21.5 Å². The van der Waals surface area contributed by atoms with Gasteiger partial charge >= 0.3 is 5.97 Å². The summed E-state index contributed by atoms with van der Waals surface area (Å²) in [4.78, 5) is 23.0. The van der Waals surface area contributed by atoms with Crippen LogP contribution in [0.1, 0.15) is 11.1 Å². The topological polar surface area (TPSA) is 75.6 Å². The van der Waals surface area contributed by atoms with E-state index in [9.17, 15) is 9.59 Å². The summed E-state index contributed by atoms with van der Waals surface area (Å²) in [6.45, 7) is 4.17. The fraction of sp³-hybridized carbons (Fsp3) is 0.429. The number of carboxylic acid groups (broad SMARTS) is 1. The summed E-state index contributed by atoms with van der Waals surface area (Å²) in [5.74, 6) is -0.794. The molecule has 0 fully saturated rings. The number of hydrogen-bond donors (Lipinski definition) is 2. The molecule has 7 heteroatoms. The van der Waals surface area contributed by atoms with Crippen LogP contribution in [0.25, 0.3) is 0 Å². The molecule has 0 bridgehead atoms. The average Bonchev–Trinajstić information content (AvgIpc) is 2.40. The van der Waals surface area contributed by atoms with Crippen molar-refractivity contribution in [3.8, 4) is 0 Å². The lowest BCUT2D eigenvalue weighted by molar-refractivity contribution is -0.142. The van der Waals surface area contributed by atoms with E-state index >= 15 is 0 Å². The zero-order valence-corrected chi connectivity index (χ0v) is 14.3. The Kier molecular flexibility index (Phi) is 7.77. The summed E-state index contributed by atoms with van der Waals surface area (Å²) >= 11 is 4.95. The van der Waals surface area contributed by atoms with Gasteiger partial charge in [0, 0.05) is 15.9 Å². The number of hydrogen-bond acceptors (Lipinski definition) is 4. The maximum absolute atomic E-state index is 11.7. The molecule has 1 aromatic carbocycles. The number of carbonyl (C=O) groups excluding carboxylic acids is 1. The first-order valence-corrected chi connectivity index (χ1v) is 8.13. The average molecular weight is 376 g/mol. The maximum atomic E-state index is 11.7. The number of ether oxygens (including phenoxy) is 1. The molecule has 0 aliphatic carbocycles. The Hall–Kier alpha value is -1.05. The van der Waals surface area contributed by atoms with E-state index in [-0.39, 0.29) is 19.1 Å². The summed E-state index contributed by atoms with van der Waals surface area (Å²) < 4.78 is 5.89. The van der Waals surface area contributed by atoms with Crippen LogP contribution < -0.4 is 5.32 Å². The highest BCUT2D eigenvalue weighted by molar-refractivity contribution is 9.10. The smallest absolute Gasteiger partial charge is 0.329 e. The van der Waals surface area contributed by atoms with Crippen LogP contribution in [-0.4, -0.2) is 42.5 Å². The van der Waals surface area contributed by atoms with E-state index in [1.54, 1.807) is 0 Å². The SMILES string of the molecule is Cc1cc(SCC(=O)NCCOCC(=O)O)c(C)cc1Br. The fourth-order valence-corrected chi connectivity index (χ4v) is 2.92. The molecule has 0 atom stereocenters. The minimum Gasteiger partial charge on any atom is -0.480 e. The molecule has 0 heterocycles. The van der Waals surface area contributed by atoms with E-state index in [1.807, 2.05) is 26.0 Å². The number of aliphatic carboxylic acids is 1. The standard InChI is InChI=1S/C14H18BrNO4S/c1-9-6-12(10(2)5-11(9)15)21-8-13(17)16-3-4-20-7-14(18)19/h5-6H,3-4,7-8H2,1-2H3,(H,16,17)(H,18,19). The van der Waals surface area contributed by atoms with Gasteiger partial charge in [0.25, 0.3) is 0 Å². The number of carbonyl (C=O) groups is 2. The molecule has 0 aliphatic heterocycles. The third-order valence-electron chi connectivity index (χ3n) is 2.61. The van der Waals surface area contributed by atoms with Gasteiger partial charge in [0.15, 0.2) is 0 Å². The van der Waals surface area contributed by atoms with Gasteiger partial charge in [-0.3, -0.25) is 4.79 Å². The molecule has 0 aromatic heterocycles. The van der Waals surface area contributed by atoms with Crippen molar-refractivity contribution in [1.82, 2.24) is 5.32 Å². The van der Waals surface area contributed by atoms with Crippen LogP contribution in [0.4, 0.5) is 0 Å². The molecule has 2 N–H and O–H groups in total. The van der Waals surface area contributed by atoms with E-state index in [0.29, 0.717) is 12.3 Å². The van der Waals surface area contributed by atoms with Gasteiger partial charge < -0.3 is 15.2 Å². The molecule has 0 aliphatic rings. The lowest BCUT2D eigenvalue weighted by Gasteiger charge is -2.09. The van der Waals surface area contributed by atoms with Gasteiger partial charge in [0.05, 0.1) is 12.4 Å². The second-order valence-corrected chi connectivity index (χ2v) is 6.32. The molecule has 0 saturated heterocycles. The number of benzene rings is 1. The zero-order chi connectivity index (χ0) is 15.8. The molecule has 21 heavy (non-hydrogen) atoms. The van der Waals surface area contributed by atoms with E-state index in [2.05, 4.69) is 21.2 Å². The lowest BCUT2D eigenvalue weighted by atomic mass is 10.2. The van der Waals surface area contributed by atoms with Gasteiger partial charge in [-0.05, 0) is 37.1 Å². The van der Waals surface area contributed by atoms with Crippen LogP contribution in [0, 0.1) is 13.8 Å². The van der Waals surface area contributed by atoms with Crippen LogP contribution >= 0.6 is 27.7 Å². The van der Waals surface area contributed by atoms with Crippen LogP contribution in [0.3, 0.4) is 0 Å². The third kappa shape index (κ3) is 6.97. The second kappa shape index (κ2) is 9.07. The van der Waals surface area contributed by atoms with E-state index < -0.39 is 5.97 Å². The molecule has 0 spiro atoms. The highest BCUT2D eigenvalue weighted by atomic mass is 79.9. The number of amides is 1. The highest BCUT2D eigenvalue weighted by Gasteiger charge is 2.07. The number of thioether (sulfide) groups is 1. The van der Waals surface area contributed by atoms with Crippen molar-refractivity contribution in [3.63, 3.8) is 0 Å². The Morgan fingerprint density at radius 3 is 2.71 bits per heavy atom. The molecule has 0 saturated carbocycles. The molecule has 1 rings (SSSR count). The van der Waals surface area contributed by atoms with Crippen molar-refractivity contribution < 1.29 is 19.4 Å². The summed E-state index contributed by atoms with van der Waals surface area (Å²) in [6.07, 6.45) is 0. The molecule has 116 valence electrons. The largest absolute Gasteiger partial charge is 0.480 e. The van der Waals surface area contributed by atoms with E-state index in [0.717, 1.165) is 20.5 Å². The van der Waals surface area contributed by atoms with Crippen molar-refractivity contribution in [2.75, 3.05) is 25.5 Å². The Labute approximate surface area is 136 Å². The van der Waals surface area contributed by atoms with Crippen molar-refractivity contribution in [1.29, 1.82) is 0 Å². The molecular weight excluding hydrogens is 358 g/mol. The van der Waals surface area contributed by atoms with E-state index in [4.69, 9.17) is 9.84 Å². The fourth-order valence-electron chi connectivity index (χ4n) is 1.53. The first kappa shape index (κ1) is 18.0. The Morgan fingerprint density at radius 1 is 1.33 bits per heavy atom. The summed E-state index contributed by atoms with van der Waals surface area (Å²) in [6, 6.07) is 4.09. The normalized spacial score (nSPS) is 10.4. The molecular formula is C14H18BrNO4S. The highest BCUT2D eigenvalue weighted by Crippen LogP contribution is 2.28. The Bertz CT molecular complexity index is 522. The summed E-state index contributed by atoms with van der Waals surface area (Å²) in [5.41, 5.74) is 2.25. The minimum absolute atomic E-state index is 0.0982. The zero-order valence-electron chi connectivity index (χ0n) is 11.9. The molecule has 5 nitrogen and oxygen atoms in total. The number of aryl methyl sites for hydroxylation is 2. The van der Waals surface area contributed by atoms with Gasteiger partial charge in [-0.1, -0.05) is 15.9 Å². The van der Waals surface area contributed by atoms with Gasteiger partial charge in [-0.2, -0.15) is 0 Å². The first-order valence-electron chi connectivity index (χ1n) is 6.36. The van der Waals surface area contributed by atoms with Crippen molar-refractivity contribution in [3.05, 3.63) is 27.7 Å². The maximum Gasteiger partial charge on any atom is 0.329 e. The molecule has 0 radical (unpaired) electrons. The number of halogens is 1. The molecule has 1 amide bonds. The van der Waals surface area contributed by atoms with Crippen molar-refractivity contribution >= 4 is 39.6 Å². The Morgan fingerprint density at radius 2 is 2.05 bits per heavy atom. The number of nitrogens with one attached hydrogen (secondary N) is 1. The first-order chi connectivity index (χ1) is 9.90. The van der Waals surface area contributed by atoms with Crippen LogP contribution in [0.2, 0.25) is 0 Å². The predicted molar refractivity (Wildman–Crippen MR) is 85.8 cm³/mol. The van der Waals surface area contributed by atoms with Gasteiger partial charge in [-0.25, -0.2) is 4.79 Å². The molecule has 0 unspecified atom stereocenters. The second-order valence-electron chi connectivity index (χ2n) is 4.45. The van der Waals surface area contributed by atoms with Gasteiger partial charge in [0.1, 0.15) is 6.61 Å². The minimum atomic E-state index is -1.02. The molecule has 1 aromatic rings. The van der Waals surface area contributed by atoms with Crippen LogP contribution in [-0.2, 0) is 14.3 Å². The van der Waals surface area contributed by atoms with Crippen molar-refractivity contribution in [2.24, 2.45) is 0 Å². The van der Waals surface area contributed by atoms with Gasteiger partial charge in [0.2, 0.25) is 5.91 Å². The Balaban J connectivity index is 2.30. The van der Waals surface area contributed by atoms with Crippen molar-refractivity contribution in [2.45, 2.75) is 18.7 Å². The van der Waals surface area contributed by atoms with Gasteiger partial charge in [-0.15, -0.1) is 11.8 Å². The summed E-state index contributed by atoms with van der Waals surface area (Å²) in [7, 11) is 0. The predicted octanol–water partition coefficient (Wildman–Crippen LogP) is 2.38. The van der Waals surface area contributed by atoms with Crippen LogP contribution in [0.5, 0.6) is 0 Å². The number of carboxylic acids is 1. The summed E-state index contributed by atoms with van der Waals surface area (Å²) in [5, 5.41) is 11.1.